The molecule has 2 aromatic carbocycles. The molecule has 1 aliphatic rings. The Bertz CT molecular complexity index is 1540. The molecular formula is C29H32F6N3O2PS. The van der Waals surface area contributed by atoms with Crippen molar-refractivity contribution >= 4 is 45.2 Å². The van der Waals surface area contributed by atoms with Gasteiger partial charge in [-0.15, -0.1) is 24.5 Å². The largest absolute Gasteiger partial charge is 0.573 e. The van der Waals surface area contributed by atoms with Gasteiger partial charge in [0.2, 0.25) is 0 Å². The highest BCUT2D eigenvalue weighted by Crippen LogP contribution is 2.40. The number of nitrogens with zero attached hydrogens (tertiary/aromatic N) is 1. The minimum atomic E-state index is -4.98. The molecule has 228 valence electrons. The van der Waals surface area contributed by atoms with Gasteiger partial charge in [-0.3, -0.25) is 0 Å². The first-order valence-corrected chi connectivity index (χ1v) is 16.7. The lowest BCUT2D eigenvalue weighted by atomic mass is 9.94. The van der Waals surface area contributed by atoms with E-state index in [4.69, 9.17) is 0 Å². The zero-order valence-corrected chi connectivity index (χ0v) is 25.3. The Morgan fingerprint density at radius 3 is 2.50 bits per heavy atom. The molecule has 2 heterocycles. The SMILES string of the molecule is C[C@H]1CN(C)CC[C@@H]1Nc1cccc2c(CC(F)(F)F)c(C#CCNc3ccc(P(C)(C)=O)cc3OC(F)(F)F)sc12. The van der Waals surface area contributed by atoms with Gasteiger partial charge < -0.3 is 24.8 Å². The van der Waals surface area contributed by atoms with Gasteiger partial charge in [0.05, 0.1) is 33.9 Å². The first kappa shape index (κ1) is 32.1. The minimum absolute atomic E-state index is 0.0376. The molecule has 1 aromatic heterocycles. The topological polar surface area (TPSA) is 53.6 Å². The van der Waals surface area contributed by atoms with Crippen molar-refractivity contribution < 1.29 is 35.6 Å². The van der Waals surface area contributed by atoms with Crippen molar-refractivity contribution in [2.75, 3.05) is 50.6 Å². The van der Waals surface area contributed by atoms with Crippen LogP contribution < -0.4 is 20.7 Å². The number of fused-ring (bicyclic) bond motifs is 1. The van der Waals surface area contributed by atoms with Crippen LogP contribution in [0, 0.1) is 17.8 Å². The fourth-order valence-electron chi connectivity index (χ4n) is 4.99. The molecule has 0 spiro atoms. The zero-order valence-electron chi connectivity index (χ0n) is 23.5. The molecule has 42 heavy (non-hydrogen) atoms. The van der Waals surface area contributed by atoms with E-state index >= 15 is 0 Å². The van der Waals surface area contributed by atoms with Gasteiger partial charge in [-0.1, -0.05) is 30.9 Å². The summed E-state index contributed by atoms with van der Waals surface area (Å²) in [6.07, 6.45) is -9.69. The average Bonchev–Trinajstić information content (AvgIpc) is 3.19. The summed E-state index contributed by atoms with van der Waals surface area (Å²) >= 11 is 1.16. The third-order valence-corrected chi connectivity index (χ3v) is 9.75. The van der Waals surface area contributed by atoms with Gasteiger partial charge in [-0.05, 0) is 74.5 Å². The normalized spacial score (nSPS) is 18.4. The number of alkyl halides is 6. The van der Waals surface area contributed by atoms with Crippen molar-refractivity contribution in [1.82, 2.24) is 4.90 Å². The molecule has 0 radical (unpaired) electrons. The smallest absolute Gasteiger partial charge is 0.404 e. The lowest BCUT2D eigenvalue weighted by molar-refractivity contribution is -0.274. The Labute approximate surface area is 245 Å². The summed E-state index contributed by atoms with van der Waals surface area (Å²) in [4.78, 5) is 2.49. The van der Waals surface area contributed by atoms with Crippen LogP contribution in [-0.4, -0.2) is 63.5 Å². The number of rotatable bonds is 7. The van der Waals surface area contributed by atoms with Crippen LogP contribution in [0.3, 0.4) is 0 Å². The van der Waals surface area contributed by atoms with E-state index in [1.165, 1.54) is 25.5 Å². The maximum absolute atomic E-state index is 13.6. The van der Waals surface area contributed by atoms with Crippen LogP contribution in [0.4, 0.5) is 37.7 Å². The number of benzene rings is 2. The quantitative estimate of drug-likeness (QED) is 0.162. The molecule has 0 aliphatic carbocycles. The summed E-state index contributed by atoms with van der Waals surface area (Å²) in [6, 6.07) is 9.23. The van der Waals surface area contributed by atoms with Crippen LogP contribution in [-0.2, 0) is 11.0 Å². The van der Waals surface area contributed by atoms with Gasteiger partial charge in [0.1, 0.15) is 7.14 Å². The molecule has 0 bridgehead atoms. The second kappa shape index (κ2) is 12.4. The lowest BCUT2D eigenvalue weighted by Crippen LogP contribution is -2.43. The number of ether oxygens (including phenoxy) is 1. The Morgan fingerprint density at radius 2 is 1.86 bits per heavy atom. The Hall–Kier alpha value is -2.87. The van der Waals surface area contributed by atoms with Crippen LogP contribution >= 0.6 is 18.5 Å². The second-order valence-corrected chi connectivity index (χ2v) is 15.1. The number of halogens is 6. The predicted octanol–water partition coefficient (Wildman–Crippen LogP) is 7.37. The van der Waals surface area contributed by atoms with Crippen molar-refractivity contribution in [2.45, 2.75) is 38.3 Å². The van der Waals surface area contributed by atoms with E-state index < -0.39 is 31.9 Å². The van der Waals surface area contributed by atoms with E-state index in [0.717, 1.165) is 42.6 Å². The number of hydrogen-bond donors (Lipinski definition) is 2. The third kappa shape index (κ3) is 8.36. The molecule has 2 atom stereocenters. The van der Waals surface area contributed by atoms with Crippen molar-refractivity contribution in [1.29, 1.82) is 0 Å². The summed E-state index contributed by atoms with van der Waals surface area (Å²) in [5.74, 6) is 5.34. The molecule has 0 unspecified atom stereocenters. The standard InChI is InChI=1S/C29H32F6N3O2PS/c1-18-17-38(2)14-12-22(18)37-24-8-5-7-20-21(16-28(30,31)32)26(42-27(20)24)9-6-13-36-23-11-10-19(41(3,4)39)15-25(23)40-29(33,34)35/h5,7-8,10-11,15,18,22,36-37H,12-14,16-17H2,1-4H3/t18-,22-/m0/s1. The second-order valence-electron chi connectivity index (χ2n) is 10.9. The number of anilines is 2. The van der Waals surface area contributed by atoms with Gasteiger partial charge in [-0.25, -0.2) is 0 Å². The molecule has 1 fully saturated rings. The minimum Gasteiger partial charge on any atom is -0.404 e. The molecule has 13 heteroatoms. The van der Waals surface area contributed by atoms with Gasteiger partial charge >= 0.3 is 12.5 Å². The van der Waals surface area contributed by atoms with Crippen LogP contribution in [0.15, 0.2) is 36.4 Å². The maximum Gasteiger partial charge on any atom is 0.573 e. The van der Waals surface area contributed by atoms with Gasteiger partial charge in [0, 0.05) is 17.9 Å². The first-order chi connectivity index (χ1) is 19.5. The van der Waals surface area contributed by atoms with Crippen LogP contribution in [0.25, 0.3) is 10.1 Å². The van der Waals surface area contributed by atoms with Crippen molar-refractivity contribution in [3.63, 3.8) is 0 Å². The highest BCUT2D eigenvalue weighted by molar-refractivity contribution is 7.70. The number of nitrogens with one attached hydrogen (secondary N) is 2. The molecule has 2 N–H and O–H groups in total. The fourth-order valence-corrected chi connectivity index (χ4v) is 7.03. The molecular weight excluding hydrogens is 599 g/mol. The lowest BCUT2D eigenvalue weighted by Gasteiger charge is -2.35. The molecule has 0 amide bonds. The van der Waals surface area contributed by atoms with Gasteiger partial charge in [0.15, 0.2) is 5.75 Å². The van der Waals surface area contributed by atoms with Gasteiger partial charge in [0.25, 0.3) is 0 Å². The van der Waals surface area contributed by atoms with Crippen LogP contribution in [0.5, 0.6) is 5.75 Å². The molecule has 5 nitrogen and oxygen atoms in total. The predicted molar refractivity (Wildman–Crippen MR) is 158 cm³/mol. The number of hydrogen-bond acceptors (Lipinski definition) is 6. The van der Waals surface area contributed by atoms with E-state index in [1.807, 2.05) is 6.07 Å². The summed E-state index contributed by atoms with van der Waals surface area (Å²) in [6.45, 7) is 6.66. The Kier molecular flexibility index (Phi) is 9.46. The van der Waals surface area contributed by atoms with E-state index in [2.05, 4.69) is 46.1 Å². The summed E-state index contributed by atoms with van der Waals surface area (Å²) < 4.78 is 97.0. The monoisotopic (exact) mass is 631 g/mol. The Morgan fingerprint density at radius 1 is 1.12 bits per heavy atom. The maximum atomic E-state index is 13.6. The van der Waals surface area contributed by atoms with E-state index in [0.29, 0.717) is 16.0 Å². The molecule has 0 saturated carbocycles. The number of likely N-dealkylation sites (tertiary alicyclic amines) is 1. The van der Waals surface area contributed by atoms with Gasteiger partial charge in [-0.2, -0.15) is 13.2 Å². The van der Waals surface area contributed by atoms with Crippen LogP contribution in [0.2, 0.25) is 0 Å². The van der Waals surface area contributed by atoms with Crippen molar-refractivity contribution in [3.8, 4) is 17.6 Å². The van der Waals surface area contributed by atoms with E-state index in [1.54, 1.807) is 12.1 Å². The van der Waals surface area contributed by atoms with Crippen LogP contribution in [0.1, 0.15) is 23.8 Å². The molecule has 1 aliphatic heterocycles. The first-order valence-electron chi connectivity index (χ1n) is 13.2. The Balaban J connectivity index is 1.62. The zero-order chi connectivity index (χ0) is 30.9. The summed E-state index contributed by atoms with van der Waals surface area (Å²) in [5.41, 5.74) is 0.790. The highest BCUT2D eigenvalue weighted by Gasteiger charge is 2.33. The molecule has 1 saturated heterocycles. The summed E-state index contributed by atoms with van der Waals surface area (Å²) in [7, 11) is -0.804. The summed E-state index contributed by atoms with van der Waals surface area (Å²) in [5, 5.41) is 6.96. The van der Waals surface area contributed by atoms with E-state index in [-0.39, 0.29) is 34.0 Å². The van der Waals surface area contributed by atoms with Crippen molar-refractivity contribution in [2.24, 2.45) is 5.92 Å². The van der Waals surface area contributed by atoms with Crippen molar-refractivity contribution in [3.05, 3.63) is 46.8 Å². The number of thiophene rings is 1. The molecule has 4 rings (SSSR count). The average molecular weight is 632 g/mol. The van der Waals surface area contributed by atoms with E-state index in [9.17, 15) is 30.9 Å². The molecule has 3 aromatic rings. The number of piperidine rings is 1. The highest BCUT2D eigenvalue weighted by atomic mass is 32.1. The fraction of sp³-hybridized carbons (Fsp3) is 0.448. The third-order valence-electron chi connectivity index (χ3n) is 7.03.